The predicted octanol–water partition coefficient (Wildman–Crippen LogP) is 0.268. The molecule has 0 bridgehead atoms. The van der Waals surface area contributed by atoms with Crippen molar-refractivity contribution in [1.29, 1.82) is 0 Å². The van der Waals surface area contributed by atoms with E-state index in [1.165, 1.54) is 0 Å². The Balaban J connectivity index is 0.00000481. The smallest absolute Gasteiger partial charge is 0.402 e. The minimum absolute atomic E-state index is 0. The van der Waals surface area contributed by atoms with Crippen LogP contribution in [0.3, 0.4) is 0 Å². The van der Waals surface area contributed by atoms with Gasteiger partial charge in [0, 0.05) is 66.5 Å². The van der Waals surface area contributed by atoms with Crippen LogP contribution in [0.1, 0.15) is 61.9 Å². The zero-order valence-corrected chi connectivity index (χ0v) is 24.6. The van der Waals surface area contributed by atoms with Crippen LogP contribution in [-0.2, 0) is 0 Å². The predicted molar refractivity (Wildman–Crippen MR) is 149 cm³/mol. The van der Waals surface area contributed by atoms with E-state index in [0.29, 0.717) is 23.8 Å². The first-order valence-electron chi connectivity index (χ1n) is 12.2. The van der Waals surface area contributed by atoms with E-state index >= 15 is 0 Å². The number of allylic oxidation sites excluding steroid dienone is 2. The molecule has 2 aromatic rings. The summed E-state index contributed by atoms with van der Waals surface area (Å²) in [5.74, 6) is 0.900. The van der Waals surface area contributed by atoms with Crippen LogP contribution < -0.4 is 57.8 Å². The Labute approximate surface area is 243 Å². The molecule has 0 aliphatic carbocycles. The number of aliphatic imine (C=N–C) groups is 1. The molecule has 37 heavy (non-hydrogen) atoms. The topological polar surface area (TPSA) is 145 Å². The molecule has 1 fully saturated rings. The molecule has 1 saturated heterocycles. The molecule has 0 radical (unpaired) electrons. The summed E-state index contributed by atoms with van der Waals surface area (Å²) >= 11 is 0. The second-order valence-corrected chi connectivity index (χ2v) is 9.31. The maximum Gasteiger partial charge on any atom is 1.00 e. The van der Waals surface area contributed by atoms with Crippen molar-refractivity contribution in [3.8, 4) is 0 Å². The summed E-state index contributed by atoms with van der Waals surface area (Å²) in [6.07, 6.45) is 4.20. The fraction of sp³-hybridized carbons (Fsp3) is 0.357. The van der Waals surface area contributed by atoms with Crippen LogP contribution in [0.25, 0.3) is 0 Å². The van der Waals surface area contributed by atoms with Gasteiger partial charge in [0.2, 0.25) is 0 Å². The molecular weight excluding hydrogens is 471 g/mol. The maximum absolute atomic E-state index is 6.29. The van der Waals surface area contributed by atoms with Gasteiger partial charge in [0.15, 0.2) is 0 Å². The van der Waals surface area contributed by atoms with Crippen LogP contribution in [0.4, 0.5) is 5.82 Å². The number of nitrogen functional groups attached to an aromatic ring is 1. The number of benzene rings is 1. The quantitative estimate of drug-likeness (QED) is 0.134. The Hall–Kier alpha value is -2.78. The summed E-state index contributed by atoms with van der Waals surface area (Å²) in [6.45, 7) is 13.4. The summed E-state index contributed by atoms with van der Waals surface area (Å²) in [4.78, 5) is 10.7. The van der Waals surface area contributed by atoms with E-state index < -0.39 is 0 Å². The minimum Gasteiger partial charge on any atom is -0.402 e. The van der Waals surface area contributed by atoms with E-state index in [2.05, 4.69) is 39.4 Å². The van der Waals surface area contributed by atoms with Crippen LogP contribution in [0, 0.1) is 6.07 Å². The van der Waals surface area contributed by atoms with Crippen molar-refractivity contribution in [2.75, 3.05) is 19.3 Å². The molecule has 3 atom stereocenters. The van der Waals surface area contributed by atoms with Gasteiger partial charge in [-0.3, -0.25) is 4.99 Å². The second-order valence-electron chi connectivity index (χ2n) is 9.31. The molecule has 192 valence electrons. The number of nitrogens with zero attached hydrogens (tertiary/aromatic N) is 3. The van der Waals surface area contributed by atoms with Crippen LogP contribution in [0.15, 0.2) is 77.3 Å². The summed E-state index contributed by atoms with van der Waals surface area (Å²) in [5, 5.41) is 3.64. The SMILES string of the molecule is C=C(NC(c1c[c-]c(C(C)N)cc1)c1cccnc1N)C1CCCN1C(=C)C/C(C(N)=NC)=C(\C)N.[Na+]. The standard InChI is InChI=1S/C28H39N8.Na/c1-17(16-24(19(3)30)27(31)33-5)36-15-7-9-25(36)20(4)35-26(23-8-6-14-34-28(23)32)22-12-10-21(11-13-22)18(2)29;/h6,8,10,12-14,18,25-26,35H,1,4,7,9,15-16,29-30H2,2-3,5H3,(H2,31,33)(H2,32,34);/q-1;+1/b24-19-;. The number of hydrogen-bond acceptors (Lipinski definition) is 7. The van der Waals surface area contributed by atoms with Gasteiger partial charge < -0.3 is 33.2 Å². The number of likely N-dealkylation sites (tertiary alicyclic amines) is 1. The Kier molecular flexibility index (Phi) is 11.3. The van der Waals surface area contributed by atoms with E-state index in [9.17, 15) is 0 Å². The third-order valence-electron chi connectivity index (χ3n) is 6.66. The molecule has 2 heterocycles. The number of aromatic nitrogens is 1. The number of rotatable bonds is 10. The molecule has 1 aromatic heterocycles. The maximum atomic E-state index is 6.29. The average Bonchev–Trinajstić information content (AvgIpc) is 3.36. The number of nitrogens with one attached hydrogen (secondary N) is 1. The Morgan fingerprint density at radius 2 is 2.03 bits per heavy atom. The fourth-order valence-corrected chi connectivity index (χ4v) is 4.59. The molecular formula is C28H39N8Na. The number of nitrogens with two attached hydrogens (primary N) is 4. The van der Waals surface area contributed by atoms with Gasteiger partial charge in [-0.1, -0.05) is 19.2 Å². The van der Waals surface area contributed by atoms with Gasteiger partial charge >= 0.3 is 29.6 Å². The number of amidine groups is 1. The van der Waals surface area contributed by atoms with Gasteiger partial charge in [-0.25, -0.2) is 4.98 Å². The average molecular weight is 511 g/mol. The van der Waals surface area contributed by atoms with E-state index in [4.69, 9.17) is 22.9 Å². The molecule has 9 N–H and O–H groups in total. The fourth-order valence-electron chi connectivity index (χ4n) is 4.59. The third-order valence-corrected chi connectivity index (χ3v) is 6.66. The van der Waals surface area contributed by atoms with Crippen molar-refractivity contribution in [1.82, 2.24) is 15.2 Å². The van der Waals surface area contributed by atoms with E-state index in [0.717, 1.165) is 53.0 Å². The van der Waals surface area contributed by atoms with Crippen molar-refractivity contribution < 1.29 is 29.6 Å². The third kappa shape index (κ3) is 7.38. The largest absolute Gasteiger partial charge is 1.00 e. The zero-order chi connectivity index (χ0) is 26.4. The minimum atomic E-state index is -0.245. The monoisotopic (exact) mass is 510 g/mol. The summed E-state index contributed by atoms with van der Waals surface area (Å²) in [6, 6.07) is 12.9. The molecule has 1 aliphatic heterocycles. The van der Waals surface area contributed by atoms with Gasteiger partial charge in [-0.2, -0.15) is 24.3 Å². The van der Waals surface area contributed by atoms with Crippen LogP contribution in [-0.4, -0.2) is 35.4 Å². The molecule has 9 heteroatoms. The van der Waals surface area contributed by atoms with E-state index in [-0.39, 0.29) is 47.7 Å². The van der Waals surface area contributed by atoms with Gasteiger partial charge in [0.1, 0.15) is 11.7 Å². The first kappa shape index (κ1) is 30.4. The van der Waals surface area contributed by atoms with Crippen LogP contribution in [0.5, 0.6) is 0 Å². The molecule has 3 rings (SSSR count). The van der Waals surface area contributed by atoms with Crippen molar-refractivity contribution in [2.45, 2.75) is 51.2 Å². The normalized spacial score (nSPS) is 17.9. The van der Waals surface area contributed by atoms with Gasteiger partial charge in [-0.15, -0.1) is 11.1 Å². The van der Waals surface area contributed by atoms with Crippen molar-refractivity contribution in [2.24, 2.45) is 22.2 Å². The van der Waals surface area contributed by atoms with Crippen molar-refractivity contribution in [3.63, 3.8) is 0 Å². The molecule has 1 aliphatic rings. The number of anilines is 1. The van der Waals surface area contributed by atoms with E-state index in [1.807, 2.05) is 44.2 Å². The molecule has 8 nitrogen and oxygen atoms in total. The Morgan fingerprint density at radius 3 is 2.59 bits per heavy atom. The number of pyridine rings is 1. The van der Waals surface area contributed by atoms with Crippen LogP contribution in [0.2, 0.25) is 0 Å². The van der Waals surface area contributed by atoms with Crippen molar-refractivity contribution >= 4 is 11.7 Å². The summed E-state index contributed by atoms with van der Waals surface area (Å²) in [5.41, 5.74) is 30.6. The molecule has 1 aromatic carbocycles. The molecule has 3 unspecified atom stereocenters. The van der Waals surface area contributed by atoms with Gasteiger partial charge in [0.05, 0.1) is 6.04 Å². The van der Waals surface area contributed by atoms with Crippen molar-refractivity contribution in [3.05, 3.63) is 95.1 Å². The first-order valence-corrected chi connectivity index (χ1v) is 12.2. The van der Waals surface area contributed by atoms with Gasteiger partial charge in [-0.05, 0) is 32.8 Å². The number of hydrogen-bond donors (Lipinski definition) is 5. The Bertz CT molecular complexity index is 1150. The first-order chi connectivity index (χ1) is 17.1. The molecule has 0 saturated carbocycles. The molecule has 0 amide bonds. The second kappa shape index (κ2) is 13.7. The summed E-state index contributed by atoms with van der Waals surface area (Å²) < 4.78 is 0. The van der Waals surface area contributed by atoms with Gasteiger partial charge in [0.25, 0.3) is 0 Å². The Morgan fingerprint density at radius 1 is 1.30 bits per heavy atom. The molecule has 0 spiro atoms. The zero-order valence-electron chi connectivity index (χ0n) is 22.6. The van der Waals surface area contributed by atoms with E-state index in [1.54, 1.807) is 13.2 Å². The van der Waals surface area contributed by atoms with Crippen LogP contribution >= 0.6 is 0 Å². The summed E-state index contributed by atoms with van der Waals surface area (Å²) in [7, 11) is 1.66.